The lowest BCUT2D eigenvalue weighted by atomic mass is 9.90. The Morgan fingerprint density at radius 2 is 1.85 bits per heavy atom. The van der Waals surface area contributed by atoms with E-state index in [1.54, 1.807) is 0 Å². The largest absolute Gasteiger partial charge is 0.319 e. The Morgan fingerprint density at radius 1 is 1.10 bits per heavy atom. The van der Waals surface area contributed by atoms with Gasteiger partial charge in [-0.25, -0.2) is 0 Å². The van der Waals surface area contributed by atoms with Gasteiger partial charge in [0.1, 0.15) is 0 Å². The molecule has 1 aliphatic rings. The Kier molecular flexibility index (Phi) is 3.76. The summed E-state index contributed by atoms with van der Waals surface area (Å²) in [4.78, 5) is 0. The van der Waals surface area contributed by atoms with Crippen LogP contribution in [0.2, 0.25) is 10.0 Å². The van der Waals surface area contributed by atoms with Crippen LogP contribution >= 0.6 is 23.2 Å². The van der Waals surface area contributed by atoms with Crippen LogP contribution in [0.5, 0.6) is 0 Å². The van der Waals surface area contributed by atoms with E-state index in [4.69, 9.17) is 23.2 Å². The van der Waals surface area contributed by atoms with Crippen molar-refractivity contribution in [2.75, 3.05) is 13.6 Å². The Bertz CT molecular complexity index is 612. The highest BCUT2D eigenvalue weighted by Crippen LogP contribution is 2.60. The topological polar surface area (TPSA) is 12.0 Å². The SMILES string of the molecule is CNC[C@]1(c2ccc(Cl)c(Cl)c2)C[C@H]1c1ccccc1. The van der Waals surface area contributed by atoms with Crippen LogP contribution in [0.25, 0.3) is 0 Å². The summed E-state index contributed by atoms with van der Waals surface area (Å²) in [5.41, 5.74) is 2.81. The highest BCUT2D eigenvalue weighted by Gasteiger charge is 2.55. The average molecular weight is 306 g/mol. The van der Waals surface area contributed by atoms with Gasteiger partial charge in [0.25, 0.3) is 0 Å². The third kappa shape index (κ3) is 2.35. The molecule has 0 heterocycles. The molecular weight excluding hydrogens is 289 g/mol. The van der Waals surface area contributed by atoms with Gasteiger partial charge in [-0.15, -0.1) is 0 Å². The van der Waals surface area contributed by atoms with Gasteiger partial charge in [-0.1, -0.05) is 59.6 Å². The normalized spacial score (nSPS) is 24.6. The summed E-state index contributed by atoms with van der Waals surface area (Å²) in [6.07, 6.45) is 1.15. The van der Waals surface area contributed by atoms with Crippen LogP contribution in [-0.4, -0.2) is 13.6 Å². The van der Waals surface area contributed by atoms with Crippen LogP contribution in [0.3, 0.4) is 0 Å². The summed E-state index contributed by atoms with van der Waals surface area (Å²) in [6, 6.07) is 16.7. The van der Waals surface area contributed by atoms with Crippen molar-refractivity contribution >= 4 is 23.2 Å². The maximum absolute atomic E-state index is 6.19. The fraction of sp³-hybridized carbons (Fsp3) is 0.294. The lowest BCUT2D eigenvalue weighted by Gasteiger charge is -2.19. The molecule has 0 aromatic heterocycles. The van der Waals surface area contributed by atoms with Crippen molar-refractivity contribution < 1.29 is 0 Å². The molecule has 104 valence electrons. The number of benzene rings is 2. The van der Waals surface area contributed by atoms with Gasteiger partial charge < -0.3 is 5.32 Å². The summed E-state index contributed by atoms with van der Waals surface area (Å²) in [5, 5.41) is 4.58. The molecule has 1 aliphatic carbocycles. The fourth-order valence-electron chi connectivity index (χ4n) is 3.17. The molecule has 0 radical (unpaired) electrons. The molecule has 2 atom stereocenters. The molecule has 2 aromatic rings. The van der Waals surface area contributed by atoms with Crippen LogP contribution in [0, 0.1) is 0 Å². The minimum atomic E-state index is 0.143. The number of halogens is 2. The fourth-order valence-corrected chi connectivity index (χ4v) is 3.46. The van der Waals surface area contributed by atoms with Gasteiger partial charge in [0, 0.05) is 12.0 Å². The zero-order valence-corrected chi connectivity index (χ0v) is 12.9. The van der Waals surface area contributed by atoms with E-state index in [1.165, 1.54) is 11.1 Å². The highest BCUT2D eigenvalue weighted by molar-refractivity contribution is 6.42. The second-order valence-corrected chi connectivity index (χ2v) is 6.30. The molecular formula is C17H17Cl2N. The summed E-state index contributed by atoms with van der Waals surface area (Å²) >= 11 is 12.2. The van der Waals surface area contributed by atoms with Crippen molar-refractivity contribution in [1.29, 1.82) is 0 Å². The van der Waals surface area contributed by atoms with E-state index >= 15 is 0 Å². The van der Waals surface area contributed by atoms with Gasteiger partial charge in [-0.3, -0.25) is 0 Å². The highest BCUT2D eigenvalue weighted by atomic mass is 35.5. The zero-order chi connectivity index (χ0) is 14.2. The van der Waals surface area contributed by atoms with E-state index in [0.717, 1.165) is 13.0 Å². The Labute approximate surface area is 129 Å². The Balaban J connectivity index is 1.96. The molecule has 1 fully saturated rings. The molecule has 0 amide bonds. The predicted molar refractivity (Wildman–Crippen MR) is 85.9 cm³/mol. The van der Waals surface area contributed by atoms with E-state index in [-0.39, 0.29) is 5.41 Å². The first-order valence-corrected chi connectivity index (χ1v) is 7.58. The van der Waals surface area contributed by atoms with Gasteiger partial charge in [0.15, 0.2) is 0 Å². The van der Waals surface area contributed by atoms with E-state index in [1.807, 2.05) is 19.2 Å². The minimum Gasteiger partial charge on any atom is -0.319 e. The first kappa shape index (κ1) is 13.9. The van der Waals surface area contributed by atoms with Crippen LogP contribution in [0.4, 0.5) is 0 Å². The molecule has 3 rings (SSSR count). The number of hydrogen-bond acceptors (Lipinski definition) is 1. The number of rotatable bonds is 4. The number of hydrogen-bond donors (Lipinski definition) is 1. The van der Waals surface area contributed by atoms with Crippen molar-refractivity contribution in [3.05, 3.63) is 69.7 Å². The summed E-state index contributed by atoms with van der Waals surface area (Å²) < 4.78 is 0. The predicted octanol–water partition coefficient (Wildman–Crippen LogP) is 4.64. The van der Waals surface area contributed by atoms with Gasteiger partial charge in [-0.2, -0.15) is 0 Å². The summed E-state index contributed by atoms with van der Waals surface area (Å²) in [5.74, 6) is 0.549. The molecule has 1 nitrogen and oxygen atoms in total. The van der Waals surface area contributed by atoms with Crippen molar-refractivity contribution in [1.82, 2.24) is 5.32 Å². The second kappa shape index (κ2) is 5.40. The summed E-state index contributed by atoms with van der Waals surface area (Å²) in [6.45, 7) is 0.949. The number of nitrogens with one attached hydrogen (secondary N) is 1. The lowest BCUT2D eigenvalue weighted by Crippen LogP contribution is -2.25. The van der Waals surface area contributed by atoms with Crippen LogP contribution in [0.1, 0.15) is 23.5 Å². The first-order chi connectivity index (χ1) is 9.67. The third-order valence-corrected chi connectivity index (χ3v) is 5.00. The Morgan fingerprint density at radius 3 is 2.50 bits per heavy atom. The van der Waals surface area contributed by atoms with Crippen LogP contribution in [-0.2, 0) is 5.41 Å². The standard InChI is InChI=1S/C17H17Cl2N/c1-20-11-17(13-7-8-15(18)16(19)9-13)10-14(17)12-5-3-2-4-6-12/h2-9,14,20H,10-11H2,1H3/t14-,17-/m0/s1. The van der Waals surface area contributed by atoms with Gasteiger partial charge in [0.2, 0.25) is 0 Å². The van der Waals surface area contributed by atoms with E-state index < -0.39 is 0 Å². The maximum atomic E-state index is 6.19. The van der Waals surface area contributed by atoms with Gasteiger partial charge in [0.05, 0.1) is 10.0 Å². The maximum Gasteiger partial charge on any atom is 0.0595 e. The molecule has 0 bridgehead atoms. The third-order valence-electron chi connectivity index (χ3n) is 4.26. The molecule has 20 heavy (non-hydrogen) atoms. The molecule has 0 aliphatic heterocycles. The monoisotopic (exact) mass is 305 g/mol. The molecule has 0 saturated heterocycles. The average Bonchev–Trinajstić information content (AvgIpc) is 3.19. The molecule has 1 saturated carbocycles. The Hall–Kier alpha value is -1.02. The van der Waals surface area contributed by atoms with Crippen molar-refractivity contribution in [3.8, 4) is 0 Å². The van der Waals surface area contributed by atoms with E-state index in [9.17, 15) is 0 Å². The second-order valence-electron chi connectivity index (χ2n) is 5.48. The van der Waals surface area contributed by atoms with Crippen molar-refractivity contribution in [2.24, 2.45) is 0 Å². The smallest absolute Gasteiger partial charge is 0.0595 e. The molecule has 0 spiro atoms. The molecule has 2 aromatic carbocycles. The molecule has 0 unspecified atom stereocenters. The van der Waals surface area contributed by atoms with Crippen molar-refractivity contribution in [3.63, 3.8) is 0 Å². The van der Waals surface area contributed by atoms with E-state index in [0.29, 0.717) is 16.0 Å². The van der Waals surface area contributed by atoms with Crippen LogP contribution < -0.4 is 5.32 Å². The van der Waals surface area contributed by atoms with Crippen molar-refractivity contribution in [2.45, 2.75) is 17.8 Å². The quantitative estimate of drug-likeness (QED) is 0.868. The first-order valence-electron chi connectivity index (χ1n) is 6.82. The van der Waals surface area contributed by atoms with Gasteiger partial charge >= 0.3 is 0 Å². The number of likely N-dealkylation sites (N-methyl/N-ethyl adjacent to an activating group) is 1. The van der Waals surface area contributed by atoms with Gasteiger partial charge in [-0.05, 0) is 42.6 Å². The van der Waals surface area contributed by atoms with Crippen LogP contribution in [0.15, 0.2) is 48.5 Å². The molecule has 1 N–H and O–H groups in total. The molecule has 3 heteroatoms. The summed E-state index contributed by atoms with van der Waals surface area (Å²) in [7, 11) is 2.00. The lowest BCUT2D eigenvalue weighted by molar-refractivity contribution is 0.605. The minimum absolute atomic E-state index is 0.143. The van der Waals surface area contributed by atoms with E-state index in [2.05, 4.69) is 41.7 Å². The zero-order valence-electron chi connectivity index (χ0n) is 11.4.